The van der Waals surface area contributed by atoms with Crippen LogP contribution in [0.15, 0.2) is 48.5 Å². The van der Waals surface area contributed by atoms with E-state index in [9.17, 15) is 4.79 Å². The number of fused-ring (bicyclic) bond motifs is 1. The quantitative estimate of drug-likeness (QED) is 0.836. The molecular formula is C23H28N2O2. The zero-order chi connectivity index (χ0) is 18.6. The van der Waals surface area contributed by atoms with Crippen molar-refractivity contribution in [2.75, 3.05) is 26.2 Å². The van der Waals surface area contributed by atoms with E-state index >= 15 is 0 Å². The Kier molecular flexibility index (Phi) is 5.55. The third-order valence-electron chi connectivity index (χ3n) is 5.56. The number of carbonyl (C=O) groups is 1. The van der Waals surface area contributed by atoms with Crippen molar-refractivity contribution < 1.29 is 9.53 Å². The second kappa shape index (κ2) is 8.24. The summed E-state index contributed by atoms with van der Waals surface area (Å²) in [6.07, 6.45) is 2.13. The highest BCUT2D eigenvalue weighted by molar-refractivity contribution is 5.94. The van der Waals surface area contributed by atoms with Gasteiger partial charge in [0.05, 0.1) is 6.10 Å². The lowest BCUT2D eigenvalue weighted by molar-refractivity contribution is 0.0562. The van der Waals surface area contributed by atoms with Crippen LogP contribution in [0, 0.1) is 0 Å². The first-order chi connectivity index (χ1) is 13.2. The van der Waals surface area contributed by atoms with Crippen molar-refractivity contribution in [3.05, 3.63) is 70.8 Å². The topological polar surface area (TPSA) is 32.8 Å². The number of hydrogen-bond acceptors (Lipinski definition) is 3. The van der Waals surface area contributed by atoms with Crippen LogP contribution in [0.4, 0.5) is 0 Å². The van der Waals surface area contributed by atoms with Gasteiger partial charge in [-0.15, -0.1) is 0 Å². The van der Waals surface area contributed by atoms with Crippen LogP contribution in [0.25, 0.3) is 0 Å². The van der Waals surface area contributed by atoms with E-state index < -0.39 is 0 Å². The summed E-state index contributed by atoms with van der Waals surface area (Å²) in [4.78, 5) is 17.2. The van der Waals surface area contributed by atoms with Crippen LogP contribution in [0.1, 0.15) is 40.4 Å². The molecule has 1 atom stereocenters. The van der Waals surface area contributed by atoms with Crippen LogP contribution in [0.5, 0.6) is 0 Å². The molecule has 2 aliphatic heterocycles. The van der Waals surface area contributed by atoms with E-state index in [1.54, 1.807) is 0 Å². The van der Waals surface area contributed by atoms with E-state index in [-0.39, 0.29) is 12.0 Å². The van der Waals surface area contributed by atoms with Gasteiger partial charge >= 0.3 is 0 Å². The molecule has 0 saturated carbocycles. The molecule has 2 aromatic rings. The first-order valence-corrected chi connectivity index (χ1v) is 9.98. The Balaban J connectivity index is 1.38. The van der Waals surface area contributed by atoms with Gasteiger partial charge in [0.2, 0.25) is 0 Å². The molecule has 0 N–H and O–H groups in total. The Morgan fingerprint density at radius 2 is 1.85 bits per heavy atom. The van der Waals surface area contributed by atoms with Gasteiger partial charge in [-0.2, -0.15) is 0 Å². The van der Waals surface area contributed by atoms with Gasteiger partial charge in [0.15, 0.2) is 0 Å². The van der Waals surface area contributed by atoms with Crippen molar-refractivity contribution in [1.29, 1.82) is 0 Å². The SMILES string of the molecule is C[C@@H]1CN(C(=O)c2ccc(CN3CCc4ccccc4C3)cc2)CCCO1. The Morgan fingerprint density at radius 3 is 2.67 bits per heavy atom. The molecule has 0 radical (unpaired) electrons. The van der Waals surface area contributed by atoms with Gasteiger partial charge in [0.25, 0.3) is 5.91 Å². The fourth-order valence-corrected chi connectivity index (χ4v) is 4.06. The summed E-state index contributed by atoms with van der Waals surface area (Å²) in [5.41, 5.74) is 4.95. The van der Waals surface area contributed by atoms with Crippen LogP contribution < -0.4 is 0 Å². The normalized spacial score (nSPS) is 20.8. The van der Waals surface area contributed by atoms with E-state index in [0.717, 1.165) is 51.2 Å². The number of carbonyl (C=O) groups excluding carboxylic acids is 1. The van der Waals surface area contributed by atoms with Crippen molar-refractivity contribution in [2.45, 2.75) is 39.0 Å². The summed E-state index contributed by atoms with van der Waals surface area (Å²) >= 11 is 0. The van der Waals surface area contributed by atoms with Gasteiger partial charge in [-0.3, -0.25) is 9.69 Å². The summed E-state index contributed by atoms with van der Waals surface area (Å²) < 4.78 is 5.65. The molecule has 1 fully saturated rings. The first-order valence-electron chi connectivity index (χ1n) is 9.98. The molecular weight excluding hydrogens is 336 g/mol. The Labute approximate surface area is 161 Å². The zero-order valence-corrected chi connectivity index (χ0v) is 16.1. The average Bonchev–Trinajstić information content (AvgIpc) is 2.92. The van der Waals surface area contributed by atoms with E-state index in [1.165, 1.54) is 16.7 Å². The third kappa shape index (κ3) is 4.40. The monoisotopic (exact) mass is 364 g/mol. The molecule has 2 aliphatic rings. The lowest BCUT2D eigenvalue weighted by Crippen LogP contribution is -2.35. The minimum absolute atomic E-state index is 0.109. The fraction of sp³-hybridized carbons (Fsp3) is 0.435. The number of hydrogen-bond donors (Lipinski definition) is 0. The maximum atomic E-state index is 12.8. The molecule has 2 aromatic carbocycles. The molecule has 4 nitrogen and oxygen atoms in total. The molecule has 142 valence electrons. The van der Waals surface area contributed by atoms with Crippen molar-refractivity contribution in [3.63, 3.8) is 0 Å². The van der Waals surface area contributed by atoms with Crippen LogP contribution in [0.3, 0.4) is 0 Å². The predicted octanol–water partition coefficient (Wildman–Crippen LogP) is 3.50. The van der Waals surface area contributed by atoms with E-state index in [2.05, 4.69) is 41.3 Å². The highest BCUT2D eigenvalue weighted by Gasteiger charge is 2.21. The smallest absolute Gasteiger partial charge is 0.253 e. The minimum Gasteiger partial charge on any atom is -0.377 e. The van der Waals surface area contributed by atoms with Crippen LogP contribution >= 0.6 is 0 Å². The summed E-state index contributed by atoms with van der Waals surface area (Å²) in [5.74, 6) is 0.116. The Bertz CT molecular complexity index is 787. The number of nitrogens with zero attached hydrogens (tertiary/aromatic N) is 2. The summed E-state index contributed by atoms with van der Waals surface area (Å²) in [6, 6.07) is 16.9. The van der Waals surface area contributed by atoms with Crippen LogP contribution in [0.2, 0.25) is 0 Å². The Morgan fingerprint density at radius 1 is 1.07 bits per heavy atom. The molecule has 0 aromatic heterocycles. The van der Waals surface area contributed by atoms with Crippen molar-refractivity contribution in [1.82, 2.24) is 9.80 Å². The fourth-order valence-electron chi connectivity index (χ4n) is 4.06. The maximum Gasteiger partial charge on any atom is 0.253 e. The van der Waals surface area contributed by atoms with E-state index in [0.29, 0.717) is 6.54 Å². The molecule has 4 heteroatoms. The lowest BCUT2D eigenvalue weighted by Gasteiger charge is -2.28. The maximum absolute atomic E-state index is 12.8. The third-order valence-corrected chi connectivity index (χ3v) is 5.56. The number of ether oxygens (including phenoxy) is 1. The highest BCUT2D eigenvalue weighted by Crippen LogP contribution is 2.20. The predicted molar refractivity (Wildman–Crippen MR) is 107 cm³/mol. The van der Waals surface area contributed by atoms with E-state index in [1.807, 2.05) is 24.0 Å². The standard InChI is InChI=1S/C23H28N2O2/c1-18-15-25(12-4-14-27-18)23(26)21-9-7-19(8-10-21)16-24-13-11-20-5-2-3-6-22(20)17-24/h2-3,5-10,18H,4,11-17H2,1H3/t18-/m1/s1. The molecule has 0 bridgehead atoms. The molecule has 2 heterocycles. The molecule has 27 heavy (non-hydrogen) atoms. The van der Waals surface area contributed by atoms with Crippen molar-refractivity contribution in [2.24, 2.45) is 0 Å². The van der Waals surface area contributed by atoms with E-state index in [4.69, 9.17) is 4.74 Å². The number of benzene rings is 2. The largest absolute Gasteiger partial charge is 0.377 e. The number of rotatable bonds is 3. The van der Waals surface area contributed by atoms with Gasteiger partial charge < -0.3 is 9.64 Å². The van der Waals surface area contributed by atoms with Crippen molar-refractivity contribution in [3.8, 4) is 0 Å². The molecule has 0 spiro atoms. The van der Waals surface area contributed by atoms with Crippen LogP contribution in [-0.4, -0.2) is 48.1 Å². The molecule has 4 rings (SSSR count). The van der Waals surface area contributed by atoms with Gasteiger partial charge in [-0.25, -0.2) is 0 Å². The molecule has 1 saturated heterocycles. The average molecular weight is 364 g/mol. The first kappa shape index (κ1) is 18.2. The molecule has 0 unspecified atom stereocenters. The molecule has 0 aliphatic carbocycles. The lowest BCUT2D eigenvalue weighted by atomic mass is 9.99. The van der Waals surface area contributed by atoms with Gasteiger partial charge in [-0.05, 0) is 48.6 Å². The zero-order valence-electron chi connectivity index (χ0n) is 16.1. The Hall–Kier alpha value is -2.17. The summed E-state index contributed by atoms with van der Waals surface area (Å²) in [7, 11) is 0. The van der Waals surface area contributed by atoms with Gasteiger partial charge in [0, 0.05) is 44.9 Å². The second-order valence-electron chi connectivity index (χ2n) is 7.71. The summed E-state index contributed by atoms with van der Waals surface area (Å²) in [5, 5.41) is 0. The van der Waals surface area contributed by atoms with Gasteiger partial charge in [0.1, 0.15) is 0 Å². The minimum atomic E-state index is 0.109. The highest BCUT2D eigenvalue weighted by atomic mass is 16.5. The second-order valence-corrected chi connectivity index (χ2v) is 7.71. The van der Waals surface area contributed by atoms with Crippen LogP contribution in [-0.2, 0) is 24.2 Å². The van der Waals surface area contributed by atoms with Crippen molar-refractivity contribution >= 4 is 5.91 Å². The van der Waals surface area contributed by atoms with Gasteiger partial charge in [-0.1, -0.05) is 36.4 Å². The summed E-state index contributed by atoms with van der Waals surface area (Å²) in [6.45, 7) is 7.24. The molecule has 1 amide bonds. The number of amides is 1.